The summed E-state index contributed by atoms with van der Waals surface area (Å²) in [7, 11) is -15.9. The molecule has 4 N–H and O–H groups in total. The maximum atomic E-state index is 11.6. The quantitative estimate of drug-likeness (QED) is 0.400. The molecule has 2 atom stereocenters. The number of rotatable bonds is 10. The number of phosphoric ester groups is 1. The van der Waals surface area contributed by atoms with Gasteiger partial charge in [-0.15, -0.1) is 0 Å². The maximum absolute atomic E-state index is 11.6. The fourth-order valence-corrected chi connectivity index (χ4v) is 5.51. The minimum Gasteiger partial charge on any atom is -0.376 e. The van der Waals surface area contributed by atoms with Crippen LogP contribution in [0.5, 0.6) is 0 Å². The van der Waals surface area contributed by atoms with E-state index in [1.165, 1.54) is 0 Å². The van der Waals surface area contributed by atoms with E-state index >= 15 is 0 Å². The van der Waals surface area contributed by atoms with Crippen molar-refractivity contribution in [1.82, 2.24) is 0 Å². The van der Waals surface area contributed by atoms with E-state index in [0.717, 1.165) is 5.56 Å². The lowest BCUT2D eigenvalue weighted by molar-refractivity contribution is -0.0139. The first-order valence-corrected chi connectivity index (χ1v) is 11.9. The van der Waals surface area contributed by atoms with E-state index in [1.54, 1.807) is 0 Å². The number of phosphoric acid groups is 3. The van der Waals surface area contributed by atoms with Gasteiger partial charge in [0, 0.05) is 0 Å². The van der Waals surface area contributed by atoms with Crippen LogP contribution in [0.2, 0.25) is 0 Å². The van der Waals surface area contributed by atoms with Crippen LogP contribution in [-0.2, 0) is 38.2 Å². The van der Waals surface area contributed by atoms with Crippen molar-refractivity contribution in [3.05, 3.63) is 35.9 Å². The second-order valence-electron chi connectivity index (χ2n) is 5.66. The summed E-state index contributed by atoms with van der Waals surface area (Å²) in [5.74, 6) is 0.0796. The number of hydrogen-bond acceptors (Lipinski definition) is 7. The van der Waals surface area contributed by atoms with Gasteiger partial charge >= 0.3 is 23.5 Å². The molecule has 1 aliphatic carbocycles. The van der Waals surface area contributed by atoms with E-state index in [2.05, 4.69) is 13.1 Å². The molecule has 1 fully saturated rings. The zero-order valence-electron chi connectivity index (χ0n) is 13.4. The first-order valence-electron chi connectivity index (χ1n) is 7.38. The normalized spacial score (nSPS) is 25.1. The lowest BCUT2D eigenvalue weighted by Crippen LogP contribution is -2.33. The Bertz CT molecular complexity index is 727. The van der Waals surface area contributed by atoms with Crippen LogP contribution in [0.3, 0.4) is 0 Å². The van der Waals surface area contributed by atoms with Crippen molar-refractivity contribution in [2.24, 2.45) is 5.92 Å². The van der Waals surface area contributed by atoms with Crippen molar-refractivity contribution in [3.8, 4) is 0 Å². The molecular formula is C12H19O11P3. The topological polar surface area (TPSA) is 169 Å². The summed E-state index contributed by atoms with van der Waals surface area (Å²) in [6.07, 6.45) is 0.00135. The minimum atomic E-state index is -5.47. The van der Waals surface area contributed by atoms with Crippen LogP contribution in [0.1, 0.15) is 18.4 Å². The van der Waals surface area contributed by atoms with E-state index < -0.39 is 29.6 Å². The molecule has 11 nitrogen and oxygen atoms in total. The van der Waals surface area contributed by atoms with Crippen LogP contribution >= 0.6 is 23.5 Å². The lowest BCUT2D eigenvalue weighted by atomic mass is 9.83. The third-order valence-electron chi connectivity index (χ3n) is 3.36. The van der Waals surface area contributed by atoms with Gasteiger partial charge in [-0.25, -0.2) is 13.7 Å². The van der Waals surface area contributed by atoms with Crippen LogP contribution in [0.25, 0.3) is 0 Å². The highest BCUT2D eigenvalue weighted by Gasteiger charge is 2.43. The second-order valence-corrected chi connectivity index (χ2v) is 10.0. The number of benzene rings is 1. The van der Waals surface area contributed by atoms with Gasteiger partial charge in [-0.2, -0.15) is 8.62 Å². The van der Waals surface area contributed by atoms with Crippen LogP contribution < -0.4 is 0 Å². The molecule has 0 saturated heterocycles. The predicted octanol–water partition coefficient (Wildman–Crippen LogP) is 2.33. The van der Waals surface area contributed by atoms with Gasteiger partial charge in [-0.3, -0.25) is 4.52 Å². The molecule has 2 unspecified atom stereocenters. The molecule has 0 aromatic heterocycles. The average Bonchev–Trinajstić information content (AvgIpc) is 2.41. The molecule has 1 aromatic carbocycles. The largest absolute Gasteiger partial charge is 0.490 e. The molecule has 2 rings (SSSR count). The molecule has 0 bridgehead atoms. The second kappa shape index (κ2) is 8.73. The summed E-state index contributed by atoms with van der Waals surface area (Å²) < 4.78 is 50.9. The molecule has 0 aliphatic heterocycles. The maximum Gasteiger partial charge on any atom is 0.490 e. The Kier molecular flexibility index (Phi) is 7.35. The number of hydrogen-bond donors (Lipinski definition) is 4. The Morgan fingerprint density at radius 2 is 1.54 bits per heavy atom. The zero-order chi connectivity index (χ0) is 19.4. The third kappa shape index (κ3) is 8.08. The Morgan fingerprint density at radius 3 is 2.12 bits per heavy atom. The summed E-state index contributed by atoms with van der Waals surface area (Å²) in [5.41, 5.74) is 1.01. The zero-order valence-corrected chi connectivity index (χ0v) is 16.0. The molecule has 0 amide bonds. The van der Waals surface area contributed by atoms with E-state index in [-0.39, 0.29) is 5.92 Å². The molecule has 148 valence electrons. The molecule has 1 aromatic rings. The smallest absolute Gasteiger partial charge is 0.376 e. The van der Waals surface area contributed by atoms with Crippen molar-refractivity contribution in [2.45, 2.75) is 25.6 Å². The van der Waals surface area contributed by atoms with Crippen molar-refractivity contribution in [1.29, 1.82) is 0 Å². The van der Waals surface area contributed by atoms with Crippen LogP contribution in [0, 0.1) is 5.92 Å². The fourth-order valence-electron chi connectivity index (χ4n) is 2.30. The van der Waals surface area contributed by atoms with Gasteiger partial charge in [0.05, 0.1) is 19.3 Å². The first kappa shape index (κ1) is 21.9. The molecule has 1 aliphatic rings. The van der Waals surface area contributed by atoms with Crippen LogP contribution in [0.4, 0.5) is 0 Å². The summed E-state index contributed by atoms with van der Waals surface area (Å²) in [6, 6.07) is 9.50. The molecule has 0 radical (unpaired) electrons. The molecule has 1 saturated carbocycles. The SMILES string of the molecule is O=P(O)(O)OP(=O)(O)OP(=O)(O)OC1CC(COCc2ccccc2)C1. The van der Waals surface area contributed by atoms with E-state index in [4.69, 9.17) is 19.4 Å². The Morgan fingerprint density at radius 1 is 0.923 bits per heavy atom. The van der Waals surface area contributed by atoms with Gasteiger partial charge in [0.25, 0.3) is 0 Å². The van der Waals surface area contributed by atoms with E-state index in [9.17, 15) is 18.6 Å². The standard InChI is InChI=1S/C12H19O11P3/c13-24(14,15)22-26(18,19)23-25(16,17)21-12-6-11(7-12)9-20-8-10-4-2-1-3-5-10/h1-5,11-12H,6-9H2,(H,16,17)(H,18,19)(H2,13,14,15). The van der Waals surface area contributed by atoms with E-state index in [0.29, 0.717) is 26.1 Å². The molecule has 0 heterocycles. The van der Waals surface area contributed by atoms with E-state index in [1.807, 2.05) is 30.3 Å². The highest BCUT2D eigenvalue weighted by Crippen LogP contribution is 2.67. The Hall–Kier alpha value is -0.410. The van der Waals surface area contributed by atoms with Crippen LogP contribution in [0.15, 0.2) is 30.3 Å². The molecular weight excluding hydrogens is 413 g/mol. The van der Waals surface area contributed by atoms with Crippen molar-refractivity contribution < 1.29 is 51.2 Å². The first-order chi connectivity index (χ1) is 11.9. The molecule has 14 heteroatoms. The van der Waals surface area contributed by atoms with Crippen molar-refractivity contribution in [2.75, 3.05) is 6.61 Å². The number of ether oxygens (including phenoxy) is 1. The van der Waals surface area contributed by atoms with Gasteiger partial charge in [-0.05, 0) is 24.3 Å². The lowest BCUT2D eigenvalue weighted by Gasteiger charge is -2.35. The summed E-state index contributed by atoms with van der Waals surface area (Å²) in [4.78, 5) is 35.3. The van der Waals surface area contributed by atoms with Gasteiger partial charge in [0.1, 0.15) is 0 Å². The Balaban J connectivity index is 1.69. The highest BCUT2D eigenvalue weighted by atomic mass is 31.3. The van der Waals surface area contributed by atoms with Crippen molar-refractivity contribution in [3.63, 3.8) is 0 Å². The van der Waals surface area contributed by atoms with Crippen molar-refractivity contribution >= 4 is 23.5 Å². The molecule has 0 spiro atoms. The predicted molar refractivity (Wildman–Crippen MR) is 87.6 cm³/mol. The van der Waals surface area contributed by atoms with Gasteiger partial charge < -0.3 is 24.3 Å². The summed E-state index contributed by atoms with van der Waals surface area (Å²) in [5, 5.41) is 0. The average molecular weight is 432 g/mol. The summed E-state index contributed by atoms with van der Waals surface area (Å²) >= 11 is 0. The fraction of sp³-hybridized carbons (Fsp3) is 0.500. The van der Waals surface area contributed by atoms with Gasteiger partial charge in [0.2, 0.25) is 0 Å². The summed E-state index contributed by atoms with van der Waals surface area (Å²) in [6.45, 7) is 0.836. The highest BCUT2D eigenvalue weighted by molar-refractivity contribution is 7.66. The third-order valence-corrected chi connectivity index (χ3v) is 7.25. The van der Waals surface area contributed by atoms with Gasteiger partial charge in [0.15, 0.2) is 0 Å². The van der Waals surface area contributed by atoms with Gasteiger partial charge in [-0.1, -0.05) is 30.3 Å². The minimum absolute atomic E-state index is 0.0796. The van der Waals surface area contributed by atoms with Crippen LogP contribution in [-0.4, -0.2) is 32.3 Å². The molecule has 26 heavy (non-hydrogen) atoms. The monoisotopic (exact) mass is 432 g/mol. The Labute approximate surface area is 149 Å².